The highest BCUT2D eigenvalue weighted by atomic mass is 32.1. The second kappa shape index (κ2) is 4.17. The van der Waals surface area contributed by atoms with Gasteiger partial charge in [0.25, 0.3) is 0 Å². The first-order valence-electron chi connectivity index (χ1n) is 5.80. The van der Waals surface area contributed by atoms with E-state index in [4.69, 9.17) is 0 Å². The van der Waals surface area contributed by atoms with Gasteiger partial charge in [-0.3, -0.25) is 0 Å². The molecule has 0 bridgehead atoms. The van der Waals surface area contributed by atoms with Crippen molar-refractivity contribution in [3.05, 3.63) is 28.8 Å². The zero-order chi connectivity index (χ0) is 11.8. The molecule has 2 heteroatoms. The van der Waals surface area contributed by atoms with Crippen molar-refractivity contribution < 1.29 is 0 Å². The predicted molar refractivity (Wildman–Crippen MR) is 72.1 cm³/mol. The Morgan fingerprint density at radius 3 is 2.69 bits per heavy atom. The zero-order valence-corrected chi connectivity index (χ0v) is 11.3. The van der Waals surface area contributed by atoms with Crippen LogP contribution in [0.25, 0.3) is 10.2 Å². The maximum absolute atomic E-state index is 4.48. The maximum Gasteiger partial charge on any atom is 0.0907 e. The van der Waals surface area contributed by atoms with Gasteiger partial charge in [0.05, 0.1) is 15.2 Å². The monoisotopic (exact) mass is 233 g/mol. The molecule has 0 radical (unpaired) electrons. The van der Waals surface area contributed by atoms with E-state index in [-0.39, 0.29) is 0 Å². The van der Waals surface area contributed by atoms with Gasteiger partial charge >= 0.3 is 0 Å². The summed E-state index contributed by atoms with van der Waals surface area (Å²) in [7, 11) is 0. The summed E-state index contributed by atoms with van der Waals surface area (Å²) < 4.78 is 1.32. The summed E-state index contributed by atoms with van der Waals surface area (Å²) in [6, 6.07) is 6.66. The van der Waals surface area contributed by atoms with Crippen molar-refractivity contribution in [1.82, 2.24) is 4.98 Å². The lowest BCUT2D eigenvalue weighted by Gasteiger charge is -2.17. The third-order valence-corrected chi connectivity index (χ3v) is 3.66. The Morgan fingerprint density at radius 2 is 2.00 bits per heavy atom. The molecular formula is C14H19NS. The SMILES string of the molecule is Cc1nc2ccc(CCC(C)(C)C)cc2s1. The molecule has 1 heterocycles. The first-order chi connectivity index (χ1) is 7.44. The van der Waals surface area contributed by atoms with Crippen molar-refractivity contribution in [2.75, 3.05) is 0 Å². The van der Waals surface area contributed by atoms with Gasteiger partial charge in [0.1, 0.15) is 0 Å². The summed E-state index contributed by atoms with van der Waals surface area (Å²) in [5, 5.41) is 1.16. The maximum atomic E-state index is 4.48. The number of benzene rings is 1. The molecule has 0 aliphatic rings. The number of rotatable bonds is 2. The van der Waals surface area contributed by atoms with Crippen LogP contribution in [0.1, 0.15) is 37.8 Å². The molecule has 0 saturated heterocycles. The second-order valence-electron chi connectivity index (χ2n) is 5.60. The Morgan fingerprint density at radius 1 is 1.25 bits per heavy atom. The molecule has 1 aromatic heterocycles. The van der Waals surface area contributed by atoms with Crippen LogP contribution in [-0.2, 0) is 6.42 Å². The molecule has 86 valence electrons. The average Bonchev–Trinajstić information content (AvgIpc) is 2.52. The molecule has 0 spiro atoms. The summed E-state index contributed by atoms with van der Waals surface area (Å²) in [5.74, 6) is 0. The largest absolute Gasteiger partial charge is 0.242 e. The molecular weight excluding hydrogens is 214 g/mol. The van der Waals surface area contributed by atoms with Crippen LogP contribution in [0.5, 0.6) is 0 Å². The fraction of sp³-hybridized carbons (Fsp3) is 0.500. The molecule has 0 aliphatic heterocycles. The quantitative estimate of drug-likeness (QED) is 0.739. The Bertz CT molecular complexity index is 491. The van der Waals surface area contributed by atoms with Crippen LogP contribution in [0.2, 0.25) is 0 Å². The molecule has 0 fully saturated rings. The summed E-state index contributed by atoms with van der Waals surface area (Å²) in [4.78, 5) is 4.48. The van der Waals surface area contributed by atoms with E-state index in [0.29, 0.717) is 5.41 Å². The minimum atomic E-state index is 0.415. The molecule has 2 aromatic rings. The highest BCUT2D eigenvalue weighted by molar-refractivity contribution is 7.18. The number of aryl methyl sites for hydroxylation is 2. The smallest absolute Gasteiger partial charge is 0.0907 e. The number of nitrogens with zero attached hydrogens (tertiary/aromatic N) is 1. The van der Waals surface area contributed by atoms with Gasteiger partial charge in [-0.2, -0.15) is 0 Å². The summed E-state index contributed by atoms with van der Waals surface area (Å²) in [6.07, 6.45) is 2.40. The first-order valence-corrected chi connectivity index (χ1v) is 6.62. The van der Waals surface area contributed by atoms with Gasteiger partial charge < -0.3 is 0 Å². The molecule has 0 amide bonds. The summed E-state index contributed by atoms with van der Waals surface area (Å²) >= 11 is 1.79. The van der Waals surface area contributed by atoms with Crippen LogP contribution < -0.4 is 0 Å². The van der Waals surface area contributed by atoms with Gasteiger partial charge in [-0.1, -0.05) is 26.8 Å². The van der Waals surface area contributed by atoms with Gasteiger partial charge in [0.15, 0.2) is 0 Å². The normalized spacial score (nSPS) is 12.2. The molecule has 2 rings (SSSR count). The molecule has 0 aliphatic carbocycles. The third-order valence-electron chi connectivity index (χ3n) is 2.72. The van der Waals surface area contributed by atoms with E-state index < -0.39 is 0 Å². The molecule has 0 saturated carbocycles. The topological polar surface area (TPSA) is 12.9 Å². The number of thiazole rings is 1. The van der Waals surface area contributed by atoms with E-state index in [1.165, 1.54) is 16.7 Å². The molecule has 0 N–H and O–H groups in total. The van der Waals surface area contributed by atoms with Crippen LogP contribution in [-0.4, -0.2) is 4.98 Å². The van der Waals surface area contributed by atoms with Crippen LogP contribution >= 0.6 is 11.3 Å². The minimum absolute atomic E-state index is 0.415. The number of hydrogen-bond donors (Lipinski definition) is 0. The van der Waals surface area contributed by atoms with E-state index >= 15 is 0 Å². The van der Waals surface area contributed by atoms with Gasteiger partial charge in [-0.25, -0.2) is 4.98 Å². The summed E-state index contributed by atoms with van der Waals surface area (Å²) in [5.41, 5.74) is 2.99. The zero-order valence-electron chi connectivity index (χ0n) is 10.5. The molecule has 1 nitrogen and oxygen atoms in total. The summed E-state index contributed by atoms with van der Waals surface area (Å²) in [6.45, 7) is 8.95. The predicted octanol–water partition coefficient (Wildman–Crippen LogP) is 4.58. The Labute approximate surface area is 102 Å². The lowest BCUT2D eigenvalue weighted by molar-refractivity contribution is 0.378. The first kappa shape index (κ1) is 11.6. The van der Waals surface area contributed by atoms with E-state index in [1.807, 2.05) is 0 Å². The van der Waals surface area contributed by atoms with Crippen LogP contribution in [0.4, 0.5) is 0 Å². The Kier molecular flexibility index (Phi) is 3.02. The van der Waals surface area contributed by atoms with Crippen molar-refractivity contribution in [2.45, 2.75) is 40.5 Å². The molecule has 0 atom stereocenters. The van der Waals surface area contributed by atoms with Crippen molar-refractivity contribution >= 4 is 21.6 Å². The van der Waals surface area contributed by atoms with Gasteiger partial charge in [0.2, 0.25) is 0 Å². The highest BCUT2D eigenvalue weighted by Crippen LogP contribution is 2.26. The average molecular weight is 233 g/mol. The lowest BCUT2D eigenvalue weighted by Crippen LogP contribution is -2.06. The third kappa shape index (κ3) is 2.82. The van der Waals surface area contributed by atoms with Crippen molar-refractivity contribution in [3.63, 3.8) is 0 Å². The Balaban J connectivity index is 2.19. The van der Waals surface area contributed by atoms with Gasteiger partial charge in [-0.15, -0.1) is 11.3 Å². The fourth-order valence-electron chi connectivity index (χ4n) is 1.76. The Hall–Kier alpha value is -0.890. The van der Waals surface area contributed by atoms with Crippen molar-refractivity contribution in [1.29, 1.82) is 0 Å². The number of aromatic nitrogens is 1. The van der Waals surface area contributed by atoms with E-state index in [1.54, 1.807) is 11.3 Å². The van der Waals surface area contributed by atoms with E-state index in [9.17, 15) is 0 Å². The number of hydrogen-bond acceptors (Lipinski definition) is 2. The van der Waals surface area contributed by atoms with Crippen LogP contribution in [0, 0.1) is 12.3 Å². The lowest BCUT2D eigenvalue weighted by atomic mass is 9.89. The van der Waals surface area contributed by atoms with Gasteiger partial charge in [-0.05, 0) is 42.9 Å². The molecule has 1 aromatic carbocycles. The standard InChI is InChI=1S/C14H19NS/c1-10-15-12-6-5-11(9-13(12)16-10)7-8-14(2,3)4/h5-6,9H,7-8H2,1-4H3. The van der Waals surface area contributed by atoms with Crippen LogP contribution in [0.15, 0.2) is 18.2 Å². The van der Waals surface area contributed by atoms with Crippen molar-refractivity contribution in [2.24, 2.45) is 5.41 Å². The number of fused-ring (bicyclic) bond motifs is 1. The second-order valence-corrected chi connectivity index (χ2v) is 6.83. The van der Waals surface area contributed by atoms with Crippen molar-refractivity contribution in [3.8, 4) is 0 Å². The molecule has 16 heavy (non-hydrogen) atoms. The fourth-order valence-corrected chi connectivity index (χ4v) is 2.65. The molecule has 0 unspecified atom stereocenters. The minimum Gasteiger partial charge on any atom is -0.242 e. The highest BCUT2D eigenvalue weighted by Gasteiger charge is 2.10. The van der Waals surface area contributed by atoms with Crippen LogP contribution in [0.3, 0.4) is 0 Å². The van der Waals surface area contributed by atoms with E-state index in [2.05, 4.69) is 50.9 Å². The van der Waals surface area contributed by atoms with E-state index in [0.717, 1.165) is 16.9 Å². The van der Waals surface area contributed by atoms with Gasteiger partial charge in [0, 0.05) is 0 Å².